The van der Waals surface area contributed by atoms with Crippen molar-refractivity contribution < 1.29 is 9.47 Å². The van der Waals surface area contributed by atoms with Gasteiger partial charge in [0.25, 0.3) is 0 Å². The largest absolute Gasteiger partial charge is 0.339 e. The van der Waals surface area contributed by atoms with Crippen LogP contribution in [0.2, 0.25) is 0 Å². The van der Waals surface area contributed by atoms with Gasteiger partial charge in [-0.2, -0.15) is 0 Å². The molecular weight excluding hydrogens is 548 g/mol. The summed E-state index contributed by atoms with van der Waals surface area (Å²) in [6, 6.07) is 54.3. The van der Waals surface area contributed by atoms with E-state index >= 15 is 0 Å². The molecule has 2 heteroatoms. The van der Waals surface area contributed by atoms with E-state index in [2.05, 4.69) is 179 Å². The van der Waals surface area contributed by atoms with Crippen molar-refractivity contribution >= 4 is 0 Å². The van der Waals surface area contributed by atoms with Crippen LogP contribution in [-0.4, -0.2) is 11.2 Å². The highest BCUT2D eigenvalue weighted by atomic mass is 16.7. The van der Waals surface area contributed by atoms with Gasteiger partial charge in [0.15, 0.2) is 6.29 Å². The molecule has 222 valence electrons. The van der Waals surface area contributed by atoms with Gasteiger partial charge < -0.3 is 9.47 Å². The van der Waals surface area contributed by atoms with E-state index < -0.39 is 6.29 Å². The van der Waals surface area contributed by atoms with E-state index in [1.807, 2.05) is 0 Å². The summed E-state index contributed by atoms with van der Waals surface area (Å²) in [6.45, 7) is 8.37. The minimum Gasteiger partial charge on any atom is -0.339 e. The number of benzene rings is 6. The molecule has 1 saturated heterocycles. The molecule has 1 heterocycles. The van der Waals surface area contributed by atoms with Gasteiger partial charge in [-0.1, -0.05) is 121 Å². The van der Waals surface area contributed by atoms with Gasteiger partial charge in [-0.15, -0.1) is 0 Å². The van der Waals surface area contributed by atoms with Gasteiger partial charge >= 0.3 is 0 Å². The first-order valence-corrected chi connectivity index (χ1v) is 15.7. The van der Waals surface area contributed by atoms with E-state index in [4.69, 9.17) is 9.47 Å². The monoisotopic (exact) mass is 586 g/mol. The Kier molecular flexibility index (Phi) is 7.49. The van der Waals surface area contributed by atoms with Gasteiger partial charge in [0.1, 0.15) is 0 Å². The maximum Gasteiger partial charge on any atom is 0.185 e. The van der Waals surface area contributed by atoms with Crippen LogP contribution in [0.3, 0.4) is 0 Å². The molecule has 0 amide bonds. The van der Waals surface area contributed by atoms with Crippen LogP contribution in [0.1, 0.15) is 39.5 Å². The second-order valence-corrected chi connectivity index (χ2v) is 12.9. The molecular formula is C43H38O2. The quantitative estimate of drug-likeness (QED) is 0.193. The van der Waals surface area contributed by atoms with Crippen LogP contribution < -0.4 is 0 Å². The predicted octanol–water partition coefficient (Wildman–Crippen LogP) is 11.6. The first kappa shape index (κ1) is 29.0. The highest BCUT2D eigenvalue weighted by Gasteiger charge is 2.49. The minimum atomic E-state index is -0.392. The van der Waals surface area contributed by atoms with Crippen LogP contribution in [0.25, 0.3) is 55.6 Å². The van der Waals surface area contributed by atoms with E-state index in [0.717, 1.165) is 16.7 Å². The summed E-state index contributed by atoms with van der Waals surface area (Å²) in [5, 5.41) is 0. The Labute approximate surface area is 266 Å². The van der Waals surface area contributed by atoms with Crippen molar-refractivity contribution in [3.63, 3.8) is 0 Å². The zero-order valence-corrected chi connectivity index (χ0v) is 26.3. The number of rotatable bonds is 6. The third-order valence-corrected chi connectivity index (χ3v) is 9.31. The highest BCUT2D eigenvalue weighted by molar-refractivity contribution is 5.83. The Hall–Kier alpha value is -4.76. The SMILES string of the molecule is CC1(C)OC(c2cccc(-c3cccc(-c4cc(-c5ccccc5)cc(-c5ccc(-c6ccccc6)cc5)c4)c3)c2)OC1(C)C. The van der Waals surface area contributed by atoms with Crippen LogP contribution >= 0.6 is 0 Å². The molecule has 0 bridgehead atoms. The molecule has 0 aromatic heterocycles. The van der Waals surface area contributed by atoms with Crippen molar-refractivity contribution in [3.05, 3.63) is 157 Å². The lowest BCUT2D eigenvalue weighted by atomic mass is 9.90. The zero-order valence-electron chi connectivity index (χ0n) is 26.3. The summed E-state index contributed by atoms with van der Waals surface area (Å²) in [6.07, 6.45) is -0.392. The van der Waals surface area contributed by atoms with Crippen molar-refractivity contribution in [3.8, 4) is 55.6 Å². The fraction of sp³-hybridized carbons (Fsp3) is 0.163. The second kappa shape index (κ2) is 11.6. The molecule has 1 aliphatic heterocycles. The Morgan fingerprint density at radius 1 is 0.333 bits per heavy atom. The predicted molar refractivity (Wildman–Crippen MR) is 187 cm³/mol. The molecule has 1 aliphatic rings. The fourth-order valence-electron chi connectivity index (χ4n) is 5.97. The summed E-state index contributed by atoms with van der Waals surface area (Å²) < 4.78 is 12.7. The molecule has 6 aromatic carbocycles. The molecule has 45 heavy (non-hydrogen) atoms. The summed E-state index contributed by atoms with van der Waals surface area (Å²) in [7, 11) is 0. The molecule has 0 N–H and O–H groups in total. The average Bonchev–Trinajstić information content (AvgIpc) is 3.31. The van der Waals surface area contributed by atoms with Crippen molar-refractivity contribution in [1.29, 1.82) is 0 Å². The first-order chi connectivity index (χ1) is 21.8. The van der Waals surface area contributed by atoms with Crippen LogP contribution in [0.5, 0.6) is 0 Å². The molecule has 2 nitrogen and oxygen atoms in total. The van der Waals surface area contributed by atoms with Crippen LogP contribution in [0.4, 0.5) is 0 Å². The summed E-state index contributed by atoms with van der Waals surface area (Å²) in [5.74, 6) is 0. The number of ether oxygens (including phenoxy) is 2. The third kappa shape index (κ3) is 5.88. The van der Waals surface area contributed by atoms with Gasteiger partial charge in [-0.3, -0.25) is 0 Å². The molecule has 0 atom stereocenters. The van der Waals surface area contributed by atoms with Gasteiger partial charge in [0.05, 0.1) is 11.2 Å². The molecule has 7 rings (SSSR count). The lowest BCUT2D eigenvalue weighted by molar-refractivity contribution is -0.0895. The van der Waals surface area contributed by atoms with E-state index in [1.54, 1.807) is 0 Å². The van der Waals surface area contributed by atoms with Crippen molar-refractivity contribution in [1.82, 2.24) is 0 Å². The Morgan fingerprint density at radius 2 is 0.667 bits per heavy atom. The van der Waals surface area contributed by atoms with E-state index in [0.29, 0.717) is 0 Å². The Morgan fingerprint density at radius 3 is 1.20 bits per heavy atom. The highest BCUT2D eigenvalue weighted by Crippen LogP contribution is 2.45. The molecule has 0 radical (unpaired) electrons. The topological polar surface area (TPSA) is 18.5 Å². The van der Waals surface area contributed by atoms with Gasteiger partial charge in [-0.05, 0) is 114 Å². The molecule has 0 saturated carbocycles. The smallest absolute Gasteiger partial charge is 0.185 e. The van der Waals surface area contributed by atoms with Crippen LogP contribution in [0, 0.1) is 0 Å². The average molecular weight is 587 g/mol. The molecule has 0 unspecified atom stereocenters. The van der Waals surface area contributed by atoms with Crippen molar-refractivity contribution in [2.24, 2.45) is 0 Å². The zero-order chi connectivity index (χ0) is 31.0. The lowest BCUT2D eigenvalue weighted by Gasteiger charge is -2.30. The maximum atomic E-state index is 6.35. The minimum absolute atomic E-state index is 0.378. The van der Waals surface area contributed by atoms with E-state index in [1.165, 1.54) is 44.5 Å². The van der Waals surface area contributed by atoms with Gasteiger partial charge in [-0.25, -0.2) is 0 Å². The standard InChI is InChI=1S/C43H38O2/c1-42(2)43(3,4)45-41(44-42)37-20-12-18-35(26-37)34-17-11-19-36(25-34)40-28-38(31-15-9-6-10-16-31)27-39(29-40)33-23-21-32(22-24-33)30-13-7-5-8-14-30/h5-29,41H,1-4H3. The Balaban J connectivity index is 1.26. The molecule has 1 fully saturated rings. The third-order valence-electron chi connectivity index (χ3n) is 9.31. The van der Waals surface area contributed by atoms with Crippen molar-refractivity contribution in [2.45, 2.75) is 45.2 Å². The molecule has 6 aromatic rings. The second-order valence-electron chi connectivity index (χ2n) is 12.9. The van der Waals surface area contributed by atoms with Gasteiger partial charge in [0.2, 0.25) is 0 Å². The molecule has 0 spiro atoms. The lowest BCUT2D eigenvalue weighted by Crippen LogP contribution is -2.41. The van der Waals surface area contributed by atoms with Crippen molar-refractivity contribution in [2.75, 3.05) is 0 Å². The maximum absolute atomic E-state index is 6.35. The summed E-state index contributed by atoms with van der Waals surface area (Å²) >= 11 is 0. The van der Waals surface area contributed by atoms with Gasteiger partial charge in [0, 0.05) is 5.56 Å². The number of hydrogen-bond acceptors (Lipinski definition) is 2. The number of hydrogen-bond donors (Lipinski definition) is 0. The first-order valence-electron chi connectivity index (χ1n) is 15.7. The van der Waals surface area contributed by atoms with Crippen LogP contribution in [0.15, 0.2) is 152 Å². The van der Waals surface area contributed by atoms with Crippen LogP contribution in [-0.2, 0) is 9.47 Å². The summed E-state index contributed by atoms with van der Waals surface area (Å²) in [5.41, 5.74) is 12.2. The van der Waals surface area contributed by atoms with E-state index in [-0.39, 0.29) is 11.2 Å². The summed E-state index contributed by atoms with van der Waals surface area (Å²) in [4.78, 5) is 0. The van der Waals surface area contributed by atoms with E-state index in [9.17, 15) is 0 Å². The Bertz CT molecular complexity index is 1920. The fourth-order valence-corrected chi connectivity index (χ4v) is 5.97. The molecule has 0 aliphatic carbocycles. The normalized spacial score (nSPS) is 15.6.